The van der Waals surface area contributed by atoms with Gasteiger partial charge in [0, 0.05) is 18.5 Å². The van der Waals surface area contributed by atoms with Gasteiger partial charge in [0.1, 0.15) is 5.75 Å². The van der Waals surface area contributed by atoms with Gasteiger partial charge in [0.15, 0.2) is 6.61 Å². The summed E-state index contributed by atoms with van der Waals surface area (Å²) in [5.41, 5.74) is 6.15. The molecular weight excluding hydrogens is 259 g/mol. The maximum Gasteiger partial charge on any atom is 0.278 e. The van der Waals surface area contributed by atoms with Crippen molar-refractivity contribution < 1.29 is 13.5 Å². The van der Waals surface area contributed by atoms with E-state index >= 15 is 0 Å². The zero-order valence-electron chi connectivity index (χ0n) is 8.67. The molecule has 0 amide bonds. The minimum Gasteiger partial charge on any atom is -0.487 e. The van der Waals surface area contributed by atoms with Gasteiger partial charge < -0.3 is 10.5 Å². The summed E-state index contributed by atoms with van der Waals surface area (Å²) in [4.78, 5) is 0. The molecule has 0 atom stereocenters. The van der Waals surface area contributed by atoms with Gasteiger partial charge in [-0.2, -0.15) is 0 Å². The van der Waals surface area contributed by atoms with Gasteiger partial charge in [0.25, 0.3) is 5.92 Å². The SMILES string of the molecule is CC(F)(F)COc1cc(Cl)cc(CN)c1.Cl. The Hall–Kier alpha value is -0.580. The highest BCUT2D eigenvalue weighted by Gasteiger charge is 2.22. The number of nitrogens with two attached hydrogens (primary N) is 1. The van der Waals surface area contributed by atoms with Gasteiger partial charge in [-0.1, -0.05) is 11.6 Å². The molecule has 2 N–H and O–H groups in total. The Morgan fingerprint density at radius 3 is 2.50 bits per heavy atom. The summed E-state index contributed by atoms with van der Waals surface area (Å²) in [6.07, 6.45) is 0. The Morgan fingerprint density at radius 2 is 2.00 bits per heavy atom. The third-order valence-corrected chi connectivity index (χ3v) is 1.88. The molecular formula is C10H13Cl2F2NO. The lowest BCUT2D eigenvalue weighted by Gasteiger charge is -2.12. The first kappa shape index (κ1) is 15.4. The van der Waals surface area contributed by atoms with Crippen molar-refractivity contribution in [1.82, 2.24) is 0 Å². The highest BCUT2D eigenvalue weighted by Crippen LogP contribution is 2.22. The van der Waals surface area contributed by atoms with E-state index in [1.807, 2.05) is 0 Å². The van der Waals surface area contributed by atoms with E-state index in [9.17, 15) is 8.78 Å². The number of hydrogen-bond donors (Lipinski definition) is 1. The number of halogens is 4. The molecule has 0 fully saturated rings. The number of alkyl halides is 2. The van der Waals surface area contributed by atoms with Crippen LogP contribution in [0.1, 0.15) is 12.5 Å². The fourth-order valence-electron chi connectivity index (χ4n) is 1.03. The van der Waals surface area contributed by atoms with Gasteiger partial charge in [-0.15, -0.1) is 12.4 Å². The molecule has 92 valence electrons. The summed E-state index contributed by atoms with van der Waals surface area (Å²) in [7, 11) is 0. The van der Waals surface area contributed by atoms with E-state index in [4.69, 9.17) is 22.1 Å². The van der Waals surface area contributed by atoms with Crippen LogP contribution in [0.4, 0.5) is 8.78 Å². The minimum atomic E-state index is -2.86. The summed E-state index contributed by atoms with van der Waals surface area (Å²) in [6, 6.07) is 4.74. The molecule has 0 aliphatic heterocycles. The first-order chi connectivity index (χ1) is 6.90. The van der Waals surface area contributed by atoms with Crippen molar-refractivity contribution in [1.29, 1.82) is 0 Å². The van der Waals surface area contributed by atoms with Crippen molar-refractivity contribution in [3.63, 3.8) is 0 Å². The largest absolute Gasteiger partial charge is 0.487 e. The third-order valence-electron chi connectivity index (χ3n) is 1.66. The van der Waals surface area contributed by atoms with Crippen LogP contribution in [0, 0.1) is 0 Å². The van der Waals surface area contributed by atoms with Crippen LogP contribution in [-0.4, -0.2) is 12.5 Å². The monoisotopic (exact) mass is 271 g/mol. The van der Waals surface area contributed by atoms with Gasteiger partial charge in [-0.3, -0.25) is 0 Å². The van der Waals surface area contributed by atoms with E-state index in [0.717, 1.165) is 12.5 Å². The highest BCUT2D eigenvalue weighted by atomic mass is 35.5. The van der Waals surface area contributed by atoms with Crippen molar-refractivity contribution in [2.75, 3.05) is 6.61 Å². The number of rotatable bonds is 4. The van der Waals surface area contributed by atoms with Gasteiger partial charge in [0.05, 0.1) is 0 Å². The lowest BCUT2D eigenvalue weighted by molar-refractivity contribution is -0.0229. The highest BCUT2D eigenvalue weighted by molar-refractivity contribution is 6.30. The van der Waals surface area contributed by atoms with Crippen LogP contribution in [0.5, 0.6) is 5.75 Å². The van der Waals surface area contributed by atoms with Crippen LogP contribution in [0.3, 0.4) is 0 Å². The Bertz CT molecular complexity index is 342. The van der Waals surface area contributed by atoms with E-state index in [-0.39, 0.29) is 12.4 Å². The lowest BCUT2D eigenvalue weighted by Crippen LogP contribution is -2.20. The summed E-state index contributed by atoms with van der Waals surface area (Å²) < 4.78 is 29.9. The molecule has 6 heteroatoms. The average Bonchev–Trinajstić information content (AvgIpc) is 2.13. The summed E-state index contributed by atoms with van der Waals surface area (Å²) in [5.74, 6) is -2.55. The number of ether oxygens (including phenoxy) is 1. The van der Waals surface area contributed by atoms with Gasteiger partial charge in [-0.05, 0) is 23.8 Å². The quantitative estimate of drug-likeness (QED) is 0.913. The molecule has 0 aliphatic rings. The second kappa shape index (κ2) is 6.23. The first-order valence-electron chi connectivity index (χ1n) is 4.41. The number of hydrogen-bond acceptors (Lipinski definition) is 2. The smallest absolute Gasteiger partial charge is 0.278 e. The summed E-state index contributed by atoms with van der Waals surface area (Å²) >= 11 is 5.76. The lowest BCUT2D eigenvalue weighted by atomic mass is 10.2. The van der Waals surface area contributed by atoms with Crippen LogP contribution in [0.25, 0.3) is 0 Å². The molecule has 16 heavy (non-hydrogen) atoms. The topological polar surface area (TPSA) is 35.2 Å². The summed E-state index contributed by atoms with van der Waals surface area (Å²) in [5, 5.41) is 0.423. The molecule has 0 heterocycles. The van der Waals surface area contributed by atoms with Crippen molar-refractivity contribution in [3.05, 3.63) is 28.8 Å². The normalized spacial score (nSPS) is 10.8. The Labute approximate surface area is 104 Å². The zero-order valence-corrected chi connectivity index (χ0v) is 10.2. The third kappa shape index (κ3) is 5.49. The van der Waals surface area contributed by atoms with Crippen molar-refractivity contribution in [2.45, 2.75) is 19.4 Å². The molecule has 0 radical (unpaired) electrons. The molecule has 2 nitrogen and oxygen atoms in total. The second-order valence-electron chi connectivity index (χ2n) is 3.36. The minimum absolute atomic E-state index is 0. The van der Waals surface area contributed by atoms with Crippen LogP contribution >= 0.6 is 24.0 Å². The van der Waals surface area contributed by atoms with Gasteiger partial charge in [-0.25, -0.2) is 8.78 Å². The van der Waals surface area contributed by atoms with E-state index in [1.54, 1.807) is 12.1 Å². The molecule has 0 saturated carbocycles. The molecule has 0 spiro atoms. The fourth-order valence-corrected chi connectivity index (χ4v) is 1.28. The average molecular weight is 272 g/mol. The standard InChI is InChI=1S/C10H12ClF2NO.ClH/c1-10(12,13)6-15-9-3-7(5-14)2-8(11)4-9;/h2-4H,5-6,14H2,1H3;1H. The van der Waals surface area contributed by atoms with Gasteiger partial charge >= 0.3 is 0 Å². The van der Waals surface area contributed by atoms with Crippen LogP contribution < -0.4 is 10.5 Å². The maximum atomic E-state index is 12.5. The van der Waals surface area contributed by atoms with Crippen molar-refractivity contribution in [3.8, 4) is 5.75 Å². The molecule has 1 aromatic carbocycles. The molecule has 1 rings (SSSR count). The molecule has 0 aliphatic carbocycles. The molecule has 0 aromatic heterocycles. The van der Waals surface area contributed by atoms with Crippen LogP contribution in [0.2, 0.25) is 5.02 Å². The molecule has 0 unspecified atom stereocenters. The fraction of sp³-hybridized carbons (Fsp3) is 0.400. The van der Waals surface area contributed by atoms with Gasteiger partial charge in [0.2, 0.25) is 0 Å². The molecule has 0 saturated heterocycles. The predicted octanol–water partition coefficient (Wildman–Crippen LogP) is 3.25. The van der Waals surface area contributed by atoms with E-state index in [1.165, 1.54) is 6.07 Å². The van der Waals surface area contributed by atoms with Crippen LogP contribution in [-0.2, 0) is 6.54 Å². The Kier molecular flexibility index (Phi) is 6.00. The zero-order chi connectivity index (χ0) is 11.5. The van der Waals surface area contributed by atoms with E-state index < -0.39 is 12.5 Å². The molecule has 0 bridgehead atoms. The number of benzene rings is 1. The maximum absolute atomic E-state index is 12.5. The summed E-state index contributed by atoms with van der Waals surface area (Å²) in [6.45, 7) is 0.415. The van der Waals surface area contributed by atoms with Crippen molar-refractivity contribution >= 4 is 24.0 Å². The van der Waals surface area contributed by atoms with E-state index in [0.29, 0.717) is 17.3 Å². The van der Waals surface area contributed by atoms with E-state index in [2.05, 4.69) is 0 Å². The van der Waals surface area contributed by atoms with Crippen LogP contribution in [0.15, 0.2) is 18.2 Å². The second-order valence-corrected chi connectivity index (χ2v) is 3.79. The Balaban J connectivity index is 0.00000225. The predicted molar refractivity (Wildman–Crippen MR) is 62.7 cm³/mol. The van der Waals surface area contributed by atoms with Crippen molar-refractivity contribution in [2.24, 2.45) is 5.73 Å². The first-order valence-corrected chi connectivity index (χ1v) is 4.79. The Morgan fingerprint density at radius 1 is 1.38 bits per heavy atom. The molecule has 1 aromatic rings.